The molecule has 0 fully saturated rings. The van der Waals surface area contributed by atoms with Gasteiger partial charge in [-0.2, -0.15) is 18.3 Å². The number of alkyl halides is 3. The Kier molecular flexibility index (Phi) is 4.38. The van der Waals surface area contributed by atoms with Crippen molar-refractivity contribution in [1.29, 1.82) is 0 Å². The molecule has 3 aromatic heterocycles. The average molecular weight is 389 g/mol. The van der Waals surface area contributed by atoms with Gasteiger partial charge in [0.2, 0.25) is 5.88 Å². The van der Waals surface area contributed by atoms with Crippen molar-refractivity contribution in [2.45, 2.75) is 6.18 Å². The van der Waals surface area contributed by atoms with E-state index in [0.717, 1.165) is 6.33 Å². The third kappa shape index (κ3) is 3.48. The van der Waals surface area contributed by atoms with E-state index >= 15 is 0 Å². The molecule has 0 saturated heterocycles. The van der Waals surface area contributed by atoms with Crippen LogP contribution in [0, 0.1) is 5.82 Å². The topological polar surface area (TPSA) is 65.7 Å². The second-order valence-electron chi connectivity index (χ2n) is 5.77. The lowest BCUT2D eigenvalue weighted by atomic mass is 10.1. The number of halogens is 4. The molecule has 10 heteroatoms. The molecule has 28 heavy (non-hydrogen) atoms. The van der Waals surface area contributed by atoms with Crippen LogP contribution in [0.5, 0.6) is 5.88 Å². The van der Waals surface area contributed by atoms with Crippen LogP contribution < -0.4 is 4.74 Å². The second kappa shape index (κ2) is 6.87. The Balaban J connectivity index is 1.80. The lowest BCUT2D eigenvalue weighted by molar-refractivity contribution is -0.154. The van der Waals surface area contributed by atoms with E-state index in [-0.39, 0.29) is 17.3 Å². The van der Waals surface area contributed by atoms with Gasteiger partial charge in [0, 0.05) is 23.3 Å². The van der Waals surface area contributed by atoms with E-state index in [1.807, 2.05) is 0 Å². The van der Waals surface area contributed by atoms with Crippen LogP contribution in [0.25, 0.3) is 27.8 Å². The van der Waals surface area contributed by atoms with Crippen LogP contribution in [0.4, 0.5) is 17.6 Å². The number of aromatic nitrogens is 5. The molecular formula is C18H11F4N5O. The molecule has 0 bridgehead atoms. The lowest BCUT2D eigenvalue weighted by Crippen LogP contribution is -2.20. The average Bonchev–Trinajstić information content (AvgIpc) is 3.11. The number of rotatable bonds is 4. The highest BCUT2D eigenvalue weighted by Gasteiger charge is 2.29. The molecular weight excluding hydrogens is 378 g/mol. The Bertz CT molecular complexity index is 1120. The van der Waals surface area contributed by atoms with Crippen molar-refractivity contribution < 1.29 is 22.3 Å². The number of nitrogens with zero attached hydrogens (tertiary/aromatic N) is 5. The summed E-state index contributed by atoms with van der Waals surface area (Å²) >= 11 is 0. The molecule has 0 unspecified atom stereocenters. The maximum Gasteiger partial charge on any atom is 0.422 e. The zero-order valence-corrected chi connectivity index (χ0v) is 14.1. The summed E-state index contributed by atoms with van der Waals surface area (Å²) in [6.45, 7) is -1.47. The largest absolute Gasteiger partial charge is 0.467 e. The minimum Gasteiger partial charge on any atom is -0.467 e. The van der Waals surface area contributed by atoms with E-state index in [9.17, 15) is 17.6 Å². The summed E-state index contributed by atoms with van der Waals surface area (Å²) in [6.07, 6.45) is 0.975. The van der Waals surface area contributed by atoms with Crippen molar-refractivity contribution in [3.8, 4) is 22.7 Å². The number of benzene rings is 1. The fourth-order valence-corrected chi connectivity index (χ4v) is 2.70. The van der Waals surface area contributed by atoms with Gasteiger partial charge in [0.05, 0.1) is 17.4 Å². The molecule has 0 radical (unpaired) electrons. The summed E-state index contributed by atoms with van der Waals surface area (Å²) < 4.78 is 57.1. The normalized spacial score (nSPS) is 11.7. The lowest BCUT2D eigenvalue weighted by Gasteiger charge is -2.12. The standard InChI is InChI=1S/C18H11F4N5O/c19-11-1-3-12(4-2-11)27-16-14(8-26-27)13(5-6-24-16)15-7-23-10-25-17(15)28-9-18(20,21)22/h1-8,10H,9H2. The third-order valence-corrected chi connectivity index (χ3v) is 3.88. The van der Waals surface area contributed by atoms with Crippen molar-refractivity contribution in [2.24, 2.45) is 0 Å². The van der Waals surface area contributed by atoms with Crippen molar-refractivity contribution in [3.63, 3.8) is 0 Å². The minimum atomic E-state index is -4.50. The summed E-state index contributed by atoms with van der Waals surface area (Å²) in [4.78, 5) is 12.0. The highest BCUT2D eigenvalue weighted by atomic mass is 19.4. The van der Waals surface area contributed by atoms with Crippen LogP contribution in [0.2, 0.25) is 0 Å². The van der Waals surface area contributed by atoms with Crippen LogP contribution >= 0.6 is 0 Å². The monoisotopic (exact) mass is 389 g/mol. The van der Waals surface area contributed by atoms with Crippen LogP contribution in [0.1, 0.15) is 0 Å². The van der Waals surface area contributed by atoms with Crippen LogP contribution in [0.3, 0.4) is 0 Å². The third-order valence-electron chi connectivity index (χ3n) is 3.88. The first-order valence-corrected chi connectivity index (χ1v) is 8.01. The first-order valence-electron chi connectivity index (χ1n) is 8.01. The second-order valence-corrected chi connectivity index (χ2v) is 5.77. The molecule has 0 aliphatic rings. The smallest absolute Gasteiger partial charge is 0.422 e. The molecule has 0 saturated carbocycles. The number of hydrogen-bond donors (Lipinski definition) is 0. The predicted octanol–water partition coefficient (Wildman–Crippen LogP) is 3.96. The SMILES string of the molecule is Fc1ccc(-n2ncc3c(-c4cncnc4OCC(F)(F)F)ccnc32)cc1. The maximum absolute atomic E-state index is 13.2. The van der Waals surface area contributed by atoms with Gasteiger partial charge in [-0.25, -0.2) is 24.0 Å². The molecule has 4 rings (SSSR count). The summed E-state index contributed by atoms with van der Waals surface area (Å²) in [5.41, 5.74) is 1.81. The Morgan fingerprint density at radius 1 is 0.964 bits per heavy atom. The minimum absolute atomic E-state index is 0.200. The quantitative estimate of drug-likeness (QED) is 0.495. The Hall–Kier alpha value is -3.56. The van der Waals surface area contributed by atoms with Crippen molar-refractivity contribution in [2.75, 3.05) is 6.61 Å². The first kappa shape index (κ1) is 17.8. The van der Waals surface area contributed by atoms with E-state index in [2.05, 4.69) is 20.1 Å². The van der Waals surface area contributed by atoms with E-state index in [4.69, 9.17) is 4.74 Å². The summed E-state index contributed by atoms with van der Waals surface area (Å²) in [5.74, 6) is -0.587. The Morgan fingerprint density at radius 3 is 2.50 bits per heavy atom. The van der Waals surface area contributed by atoms with Crippen LogP contribution in [-0.4, -0.2) is 37.5 Å². The van der Waals surface area contributed by atoms with Gasteiger partial charge in [-0.1, -0.05) is 0 Å². The molecule has 142 valence electrons. The Labute approximate surface area is 155 Å². The van der Waals surface area contributed by atoms with E-state index < -0.39 is 12.8 Å². The summed E-state index contributed by atoms with van der Waals surface area (Å²) in [5, 5.41) is 4.82. The number of ether oxygens (including phenoxy) is 1. The van der Waals surface area contributed by atoms with Crippen molar-refractivity contribution >= 4 is 11.0 Å². The molecule has 6 nitrogen and oxygen atoms in total. The number of fused-ring (bicyclic) bond motifs is 1. The van der Waals surface area contributed by atoms with Gasteiger partial charge in [0.25, 0.3) is 0 Å². The molecule has 0 aliphatic heterocycles. The Morgan fingerprint density at radius 2 is 1.75 bits per heavy atom. The fraction of sp³-hybridized carbons (Fsp3) is 0.111. The van der Waals surface area contributed by atoms with Gasteiger partial charge >= 0.3 is 6.18 Å². The molecule has 3 heterocycles. The van der Waals surface area contributed by atoms with Crippen LogP contribution in [0.15, 0.2) is 55.2 Å². The van der Waals surface area contributed by atoms with Gasteiger partial charge in [0.15, 0.2) is 12.3 Å². The van der Waals surface area contributed by atoms with Gasteiger partial charge in [-0.05, 0) is 30.3 Å². The van der Waals surface area contributed by atoms with Gasteiger partial charge in [0.1, 0.15) is 12.1 Å². The van der Waals surface area contributed by atoms with Gasteiger partial charge in [-0.15, -0.1) is 0 Å². The fourth-order valence-electron chi connectivity index (χ4n) is 2.70. The van der Waals surface area contributed by atoms with E-state index in [0.29, 0.717) is 22.3 Å². The van der Waals surface area contributed by atoms with E-state index in [1.165, 1.54) is 35.4 Å². The predicted molar refractivity (Wildman–Crippen MR) is 91.4 cm³/mol. The highest BCUT2D eigenvalue weighted by molar-refractivity contribution is 5.94. The van der Waals surface area contributed by atoms with Crippen molar-refractivity contribution in [1.82, 2.24) is 24.7 Å². The molecule has 0 aliphatic carbocycles. The maximum atomic E-state index is 13.2. The van der Waals surface area contributed by atoms with Gasteiger partial charge in [-0.3, -0.25) is 0 Å². The summed E-state index contributed by atoms with van der Waals surface area (Å²) in [6, 6.07) is 7.28. The highest BCUT2D eigenvalue weighted by Crippen LogP contribution is 2.33. The number of pyridine rings is 1. The molecule has 0 atom stereocenters. The zero-order valence-electron chi connectivity index (χ0n) is 14.1. The van der Waals surface area contributed by atoms with E-state index in [1.54, 1.807) is 18.2 Å². The summed E-state index contributed by atoms with van der Waals surface area (Å²) in [7, 11) is 0. The molecule has 4 aromatic rings. The molecule has 0 spiro atoms. The molecule has 0 amide bonds. The first-order chi connectivity index (χ1) is 13.4. The van der Waals surface area contributed by atoms with Crippen LogP contribution in [-0.2, 0) is 0 Å². The molecule has 0 N–H and O–H groups in total. The number of hydrogen-bond acceptors (Lipinski definition) is 5. The van der Waals surface area contributed by atoms with Gasteiger partial charge < -0.3 is 4.74 Å². The van der Waals surface area contributed by atoms with Crippen molar-refractivity contribution in [3.05, 3.63) is 61.1 Å². The zero-order chi connectivity index (χ0) is 19.7. The molecule has 1 aromatic carbocycles.